The van der Waals surface area contributed by atoms with E-state index < -0.39 is 5.60 Å². The molecular weight excluding hydrogens is 196 g/mol. The minimum absolute atomic E-state index is 0.000758. The number of aromatic nitrogens is 2. The first-order valence-corrected chi connectivity index (χ1v) is 4.89. The predicted molar refractivity (Wildman–Crippen MR) is 53.3 cm³/mol. The van der Waals surface area contributed by atoms with Crippen LogP contribution >= 0.6 is 0 Å². The van der Waals surface area contributed by atoms with Gasteiger partial charge in [-0.15, -0.1) is 0 Å². The first-order valence-electron chi connectivity index (χ1n) is 4.89. The third-order valence-electron chi connectivity index (χ3n) is 2.47. The maximum atomic E-state index is 10.9. The minimum atomic E-state index is -0.543. The van der Waals surface area contributed by atoms with E-state index in [1.807, 2.05) is 13.8 Å². The lowest BCUT2D eigenvalue weighted by atomic mass is 10.0. The molecule has 5 heteroatoms. The molecule has 0 fully saturated rings. The molecule has 1 aromatic heterocycles. The van der Waals surface area contributed by atoms with Gasteiger partial charge >= 0.3 is 0 Å². The van der Waals surface area contributed by atoms with Gasteiger partial charge in [0.05, 0.1) is 6.42 Å². The van der Waals surface area contributed by atoms with Gasteiger partial charge in [-0.25, -0.2) is 0 Å². The first kappa shape index (κ1) is 11.8. The number of rotatable bonds is 5. The fourth-order valence-corrected chi connectivity index (χ4v) is 1.15. The molecule has 1 heterocycles. The Morgan fingerprint density at radius 3 is 2.73 bits per heavy atom. The second-order valence-electron chi connectivity index (χ2n) is 3.68. The number of nitrogens with zero attached hydrogens (tertiary/aromatic N) is 2. The highest BCUT2D eigenvalue weighted by atomic mass is 16.5. The Kier molecular flexibility index (Phi) is 3.57. The van der Waals surface area contributed by atoms with Crippen LogP contribution in [0.2, 0.25) is 0 Å². The number of Topliss-reactive ketones (excluding diaryl/α,β-unsaturated/α-hetero) is 1. The van der Waals surface area contributed by atoms with Gasteiger partial charge in [0.1, 0.15) is 11.4 Å². The molecule has 0 spiro atoms. The van der Waals surface area contributed by atoms with Crippen LogP contribution in [0.15, 0.2) is 4.52 Å². The summed E-state index contributed by atoms with van der Waals surface area (Å²) in [5, 5.41) is 3.82. The van der Waals surface area contributed by atoms with E-state index in [0.29, 0.717) is 11.7 Å². The fourth-order valence-electron chi connectivity index (χ4n) is 1.15. The third kappa shape index (κ3) is 2.62. The summed E-state index contributed by atoms with van der Waals surface area (Å²) in [6.45, 7) is 5.35. The molecule has 1 rings (SSSR count). The van der Waals surface area contributed by atoms with E-state index in [4.69, 9.17) is 9.26 Å². The second kappa shape index (κ2) is 4.53. The minimum Gasteiger partial charge on any atom is -0.370 e. The van der Waals surface area contributed by atoms with Crippen LogP contribution in [-0.4, -0.2) is 23.0 Å². The summed E-state index contributed by atoms with van der Waals surface area (Å²) in [7, 11) is 1.60. The quantitative estimate of drug-likeness (QED) is 0.739. The van der Waals surface area contributed by atoms with Gasteiger partial charge in [0, 0.05) is 7.11 Å². The van der Waals surface area contributed by atoms with Crippen molar-refractivity contribution in [1.82, 2.24) is 10.1 Å². The van der Waals surface area contributed by atoms with Gasteiger partial charge in [-0.05, 0) is 20.3 Å². The molecule has 0 radical (unpaired) electrons. The van der Waals surface area contributed by atoms with Crippen LogP contribution in [0.4, 0.5) is 0 Å². The Bertz CT molecular complexity index is 342. The molecule has 1 unspecified atom stereocenters. The van der Waals surface area contributed by atoms with Crippen molar-refractivity contribution in [3.63, 3.8) is 0 Å². The smallest absolute Gasteiger partial charge is 0.234 e. The molecule has 0 saturated heterocycles. The Morgan fingerprint density at radius 1 is 1.60 bits per heavy atom. The Balaban J connectivity index is 2.87. The summed E-state index contributed by atoms with van der Waals surface area (Å²) in [6.07, 6.45) is 0.916. The third-order valence-corrected chi connectivity index (χ3v) is 2.47. The Hall–Kier alpha value is -1.23. The van der Waals surface area contributed by atoms with E-state index in [9.17, 15) is 4.79 Å². The molecule has 1 aromatic rings. The Morgan fingerprint density at radius 2 is 2.27 bits per heavy atom. The summed E-state index contributed by atoms with van der Waals surface area (Å²) >= 11 is 0. The van der Waals surface area contributed by atoms with Crippen molar-refractivity contribution in [1.29, 1.82) is 0 Å². The zero-order valence-corrected chi connectivity index (χ0v) is 9.53. The van der Waals surface area contributed by atoms with Crippen molar-refractivity contribution < 1.29 is 14.1 Å². The fraction of sp³-hybridized carbons (Fsp3) is 0.700. The topological polar surface area (TPSA) is 65.2 Å². The summed E-state index contributed by atoms with van der Waals surface area (Å²) in [5.74, 6) is 0.832. The van der Waals surface area contributed by atoms with E-state index in [1.165, 1.54) is 6.92 Å². The molecule has 1 atom stereocenters. The van der Waals surface area contributed by atoms with Crippen molar-refractivity contribution in [2.45, 2.75) is 39.2 Å². The number of carbonyl (C=O) groups excluding carboxylic acids is 1. The number of carbonyl (C=O) groups is 1. The van der Waals surface area contributed by atoms with Crippen molar-refractivity contribution >= 4 is 5.78 Å². The van der Waals surface area contributed by atoms with Crippen molar-refractivity contribution in [2.75, 3.05) is 7.11 Å². The first-order chi connectivity index (χ1) is 7.01. The van der Waals surface area contributed by atoms with Crippen molar-refractivity contribution in [3.8, 4) is 0 Å². The summed E-state index contributed by atoms with van der Waals surface area (Å²) in [5.41, 5.74) is -0.543. The summed E-state index contributed by atoms with van der Waals surface area (Å²) < 4.78 is 10.3. The van der Waals surface area contributed by atoms with Crippen LogP contribution in [0.5, 0.6) is 0 Å². The summed E-state index contributed by atoms with van der Waals surface area (Å²) in [6, 6.07) is 0. The highest BCUT2D eigenvalue weighted by Gasteiger charge is 2.29. The van der Waals surface area contributed by atoms with Crippen LogP contribution in [0, 0.1) is 0 Å². The lowest BCUT2D eigenvalue weighted by molar-refractivity contribution is -0.116. The molecule has 0 saturated carbocycles. The Labute approximate surface area is 88.8 Å². The lowest BCUT2D eigenvalue weighted by Gasteiger charge is -2.21. The number of hydrogen-bond acceptors (Lipinski definition) is 5. The van der Waals surface area contributed by atoms with Gasteiger partial charge in [-0.1, -0.05) is 12.1 Å². The average Bonchev–Trinajstić information content (AvgIpc) is 2.64. The SMILES string of the molecule is CCC(C)(OC)c1noc(CC(C)=O)n1. The van der Waals surface area contributed by atoms with Crippen LogP contribution in [-0.2, 0) is 21.6 Å². The highest BCUT2D eigenvalue weighted by molar-refractivity contribution is 5.77. The predicted octanol–water partition coefficient (Wildman–Crippen LogP) is 1.47. The largest absolute Gasteiger partial charge is 0.370 e. The maximum absolute atomic E-state index is 10.9. The van der Waals surface area contributed by atoms with E-state index >= 15 is 0 Å². The van der Waals surface area contributed by atoms with Gasteiger partial charge < -0.3 is 9.26 Å². The van der Waals surface area contributed by atoms with Crippen LogP contribution in [0.25, 0.3) is 0 Å². The van der Waals surface area contributed by atoms with Gasteiger partial charge in [0.15, 0.2) is 0 Å². The molecule has 0 N–H and O–H groups in total. The molecule has 0 amide bonds. The lowest BCUT2D eigenvalue weighted by Crippen LogP contribution is -2.24. The molecule has 0 aliphatic heterocycles. The number of ether oxygens (including phenoxy) is 1. The van der Waals surface area contributed by atoms with Gasteiger partial charge in [-0.2, -0.15) is 4.98 Å². The van der Waals surface area contributed by atoms with E-state index in [0.717, 1.165) is 6.42 Å². The molecular formula is C10H16N2O3. The molecule has 0 bridgehead atoms. The molecule has 0 aliphatic rings. The highest BCUT2D eigenvalue weighted by Crippen LogP contribution is 2.25. The second-order valence-corrected chi connectivity index (χ2v) is 3.68. The normalized spacial score (nSPS) is 14.9. The van der Waals surface area contributed by atoms with Crippen LogP contribution < -0.4 is 0 Å². The monoisotopic (exact) mass is 212 g/mol. The van der Waals surface area contributed by atoms with E-state index in [1.54, 1.807) is 7.11 Å². The van der Waals surface area contributed by atoms with Crippen LogP contribution in [0.1, 0.15) is 38.9 Å². The van der Waals surface area contributed by atoms with Crippen LogP contribution in [0.3, 0.4) is 0 Å². The number of ketones is 1. The maximum Gasteiger partial charge on any atom is 0.234 e. The molecule has 0 aliphatic carbocycles. The standard InChI is InChI=1S/C10H16N2O3/c1-5-10(3,14-4)9-11-8(15-12-9)6-7(2)13/h5-6H2,1-4H3. The van der Waals surface area contributed by atoms with E-state index in [-0.39, 0.29) is 12.2 Å². The summed E-state index contributed by atoms with van der Waals surface area (Å²) in [4.78, 5) is 15.0. The van der Waals surface area contributed by atoms with Gasteiger partial charge in [0.25, 0.3) is 0 Å². The van der Waals surface area contributed by atoms with E-state index in [2.05, 4.69) is 10.1 Å². The molecule has 0 aromatic carbocycles. The van der Waals surface area contributed by atoms with Gasteiger partial charge in [0.2, 0.25) is 11.7 Å². The zero-order chi connectivity index (χ0) is 11.5. The molecule has 84 valence electrons. The zero-order valence-electron chi connectivity index (χ0n) is 9.53. The molecule has 5 nitrogen and oxygen atoms in total. The van der Waals surface area contributed by atoms with Crippen molar-refractivity contribution in [3.05, 3.63) is 11.7 Å². The van der Waals surface area contributed by atoms with Gasteiger partial charge in [-0.3, -0.25) is 4.79 Å². The van der Waals surface area contributed by atoms with Crippen molar-refractivity contribution in [2.24, 2.45) is 0 Å². The number of methoxy groups -OCH3 is 1. The number of hydrogen-bond donors (Lipinski definition) is 0. The molecule has 15 heavy (non-hydrogen) atoms. The average molecular weight is 212 g/mol.